The van der Waals surface area contributed by atoms with Gasteiger partial charge in [0.1, 0.15) is 0 Å². The number of nitrogens with zero attached hydrogens (tertiary/aromatic N) is 1. The van der Waals surface area contributed by atoms with Gasteiger partial charge < -0.3 is 16.0 Å². The van der Waals surface area contributed by atoms with Crippen LogP contribution in [0, 0.1) is 5.92 Å². The van der Waals surface area contributed by atoms with E-state index >= 15 is 0 Å². The number of anilines is 1. The molecule has 3 N–H and O–H groups in total. The third-order valence-corrected chi connectivity index (χ3v) is 9.31. The second kappa shape index (κ2) is 11.7. The second-order valence-corrected chi connectivity index (χ2v) is 12.2. The first-order chi connectivity index (χ1) is 21.1. The molecule has 3 fully saturated rings. The van der Waals surface area contributed by atoms with Gasteiger partial charge in [-0.3, -0.25) is 14.5 Å². The van der Waals surface area contributed by atoms with E-state index in [0.717, 1.165) is 53.3 Å². The molecule has 4 aliphatic rings. The number of carbonyl (C=O) groups is 2. The first-order valence-electron chi connectivity index (χ1n) is 15.6. The van der Waals surface area contributed by atoms with Crippen LogP contribution >= 0.6 is 0 Å². The molecule has 2 aliphatic carbocycles. The van der Waals surface area contributed by atoms with Crippen LogP contribution in [0.15, 0.2) is 114 Å². The van der Waals surface area contributed by atoms with Crippen molar-refractivity contribution in [1.82, 2.24) is 15.5 Å². The summed E-state index contributed by atoms with van der Waals surface area (Å²) in [4.78, 5) is 29.6. The first-order valence-corrected chi connectivity index (χ1v) is 15.6. The van der Waals surface area contributed by atoms with Crippen LogP contribution in [0.2, 0.25) is 0 Å². The molecule has 0 radical (unpaired) electrons. The fraction of sp³-hybridized carbons (Fsp3) is 0.297. The van der Waals surface area contributed by atoms with Crippen LogP contribution in [-0.4, -0.2) is 29.8 Å². The number of likely N-dealkylation sites (tertiary alicyclic amines) is 1. The van der Waals surface area contributed by atoms with Gasteiger partial charge in [-0.2, -0.15) is 0 Å². The Kier molecular flexibility index (Phi) is 7.45. The Bertz CT molecular complexity index is 1600. The minimum atomic E-state index is -0.453. The molecular formula is C37H38N4O2. The lowest BCUT2D eigenvalue weighted by Gasteiger charge is -2.26. The van der Waals surface area contributed by atoms with Gasteiger partial charge in [-0.1, -0.05) is 79.2 Å². The van der Waals surface area contributed by atoms with Crippen LogP contribution in [-0.2, 0) is 21.5 Å². The number of amides is 2. The summed E-state index contributed by atoms with van der Waals surface area (Å²) < 4.78 is 0. The van der Waals surface area contributed by atoms with Crippen LogP contribution in [0.5, 0.6) is 0 Å². The molecule has 7 rings (SSSR count). The zero-order chi connectivity index (χ0) is 29.2. The van der Waals surface area contributed by atoms with Gasteiger partial charge in [-0.25, -0.2) is 0 Å². The molecule has 1 atom stereocenters. The largest absolute Gasteiger partial charge is 0.355 e. The number of piperidine rings is 1. The molecule has 6 heteroatoms. The van der Waals surface area contributed by atoms with Crippen molar-refractivity contribution in [1.29, 1.82) is 0 Å². The van der Waals surface area contributed by atoms with E-state index in [1.165, 1.54) is 37.9 Å². The fourth-order valence-corrected chi connectivity index (χ4v) is 6.74. The summed E-state index contributed by atoms with van der Waals surface area (Å²) in [5.74, 6) is -0.246. The Hall–Kier alpha value is -4.42. The van der Waals surface area contributed by atoms with Crippen molar-refractivity contribution in [3.63, 3.8) is 0 Å². The van der Waals surface area contributed by atoms with Gasteiger partial charge >= 0.3 is 0 Å². The van der Waals surface area contributed by atoms with E-state index < -0.39 is 5.41 Å². The molecule has 1 unspecified atom stereocenters. The van der Waals surface area contributed by atoms with Gasteiger partial charge in [0, 0.05) is 36.0 Å². The lowest BCUT2D eigenvalue weighted by molar-refractivity contribution is -0.123. The number of hydrogen-bond donors (Lipinski definition) is 3. The summed E-state index contributed by atoms with van der Waals surface area (Å²) in [5, 5.41) is 9.94. The van der Waals surface area contributed by atoms with Gasteiger partial charge in [-0.05, 0) is 79.7 Å². The van der Waals surface area contributed by atoms with Crippen molar-refractivity contribution in [2.24, 2.45) is 5.92 Å². The quantitative estimate of drug-likeness (QED) is 0.280. The van der Waals surface area contributed by atoms with Crippen LogP contribution in [0.1, 0.15) is 55.2 Å². The van der Waals surface area contributed by atoms with Crippen LogP contribution in [0.4, 0.5) is 5.69 Å². The van der Waals surface area contributed by atoms with E-state index in [1.807, 2.05) is 72.8 Å². The molecule has 0 bridgehead atoms. The average molecular weight is 571 g/mol. The Balaban J connectivity index is 1.13. The normalized spacial score (nSPS) is 22.0. The zero-order valence-electron chi connectivity index (χ0n) is 24.4. The fourth-order valence-electron chi connectivity index (χ4n) is 6.74. The summed E-state index contributed by atoms with van der Waals surface area (Å²) in [5.41, 5.74) is 7.00. The molecule has 2 heterocycles. The van der Waals surface area contributed by atoms with E-state index in [0.29, 0.717) is 12.0 Å². The van der Waals surface area contributed by atoms with E-state index in [2.05, 4.69) is 45.1 Å². The predicted octanol–water partition coefficient (Wildman–Crippen LogP) is 6.26. The highest BCUT2D eigenvalue weighted by atomic mass is 16.2. The molecule has 2 saturated heterocycles. The second-order valence-electron chi connectivity index (χ2n) is 12.2. The number of nitrogens with one attached hydrogen (secondary N) is 3. The number of benzene rings is 3. The molecule has 2 amide bonds. The molecule has 3 aromatic rings. The van der Waals surface area contributed by atoms with E-state index in [9.17, 15) is 9.59 Å². The monoisotopic (exact) mass is 570 g/mol. The number of fused-ring (bicyclic) bond motifs is 1. The maximum absolute atomic E-state index is 13.5. The van der Waals surface area contributed by atoms with Crippen molar-refractivity contribution in [2.45, 2.75) is 50.5 Å². The van der Waals surface area contributed by atoms with Crippen molar-refractivity contribution < 1.29 is 9.59 Å². The summed E-state index contributed by atoms with van der Waals surface area (Å²) in [6.07, 6.45) is 10.0. The highest BCUT2D eigenvalue weighted by Crippen LogP contribution is 2.49. The van der Waals surface area contributed by atoms with E-state index in [1.54, 1.807) is 0 Å². The highest BCUT2D eigenvalue weighted by Gasteiger charge is 2.51. The van der Waals surface area contributed by atoms with Crippen molar-refractivity contribution in [3.05, 3.63) is 131 Å². The van der Waals surface area contributed by atoms with E-state index in [-0.39, 0.29) is 17.7 Å². The molecule has 2 aliphatic heterocycles. The predicted molar refractivity (Wildman–Crippen MR) is 170 cm³/mol. The minimum Gasteiger partial charge on any atom is -0.355 e. The lowest BCUT2D eigenvalue weighted by Crippen LogP contribution is -2.35. The van der Waals surface area contributed by atoms with Gasteiger partial charge in [0.05, 0.1) is 16.7 Å². The Labute approximate surface area is 253 Å². The van der Waals surface area contributed by atoms with Crippen LogP contribution < -0.4 is 16.0 Å². The molecule has 0 aromatic heterocycles. The average Bonchev–Trinajstić information content (AvgIpc) is 3.80. The smallest absolute Gasteiger partial charge is 0.254 e. The standard InChI is InChI=1S/C37H38N4O2/c42-35-33(31-24-30(18-19-32(31)40-35)39-36(43)37(20-21-37)28-12-6-2-7-13-28)34(27-10-4-1-5-11-27)38-29-16-14-26(15-17-29)25-41-22-8-3-9-23-41/h1-2,4-7,10-19,31,38H,3,8-9,20-25H2,(H,39,43)(H,40,42). The molecule has 0 spiro atoms. The minimum absolute atomic E-state index is 0.0377. The lowest BCUT2D eigenvalue weighted by atomic mass is 9.87. The van der Waals surface area contributed by atoms with Crippen LogP contribution in [0.25, 0.3) is 5.70 Å². The molecule has 3 aromatic carbocycles. The van der Waals surface area contributed by atoms with E-state index in [4.69, 9.17) is 0 Å². The number of carbonyl (C=O) groups excluding carboxylic acids is 2. The molecule has 1 saturated carbocycles. The molecule has 218 valence electrons. The molecule has 43 heavy (non-hydrogen) atoms. The van der Waals surface area contributed by atoms with Crippen molar-refractivity contribution in [2.75, 3.05) is 18.4 Å². The first kappa shape index (κ1) is 27.4. The highest BCUT2D eigenvalue weighted by molar-refractivity contribution is 6.07. The third kappa shape index (κ3) is 5.67. The van der Waals surface area contributed by atoms with Crippen molar-refractivity contribution >= 4 is 23.2 Å². The summed E-state index contributed by atoms with van der Waals surface area (Å²) in [7, 11) is 0. The number of hydrogen-bond acceptors (Lipinski definition) is 4. The summed E-state index contributed by atoms with van der Waals surface area (Å²) in [6, 6.07) is 28.7. The Morgan fingerprint density at radius 3 is 2.23 bits per heavy atom. The SMILES string of the molecule is O=C1NC2=CC=C(NC(=O)C3(c4ccccc4)CC3)CC2C1=C(Nc1ccc(CN2CCCCC2)cc1)c1ccccc1. The van der Waals surface area contributed by atoms with Gasteiger partial charge in [0.25, 0.3) is 5.91 Å². The van der Waals surface area contributed by atoms with Crippen LogP contribution in [0.3, 0.4) is 0 Å². The number of rotatable bonds is 8. The zero-order valence-corrected chi connectivity index (χ0v) is 24.4. The maximum Gasteiger partial charge on any atom is 0.254 e. The molecular weight excluding hydrogens is 532 g/mol. The Morgan fingerprint density at radius 2 is 1.53 bits per heavy atom. The number of allylic oxidation sites excluding steroid dienone is 4. The van der Waals surface area contributed by atoms with Gasteiger partial charge in [-0.15, -0.1) is 0 Å². The maximum atomic E-state index is 13.5. The van der Waals surface area contributed by atoms with Crippen molar-refractivity contribution in [3.8, 4) is 0 Å². The topological polar surface area (TPSA) is 73.5 Å². The molecule has 6 nitrogen and oxygen atoms in total. The summed E-state index contributed by atoms with van der Waals surface area (Å²) >= 11 is 0. The van der Waals surface area contributed by atoms with Gasteiger partial charge in [0.2, 0.25) is 5.91 Å². The Morgan fingerprint density at radius 1 is 0.837 bits per heavy atom. The van der Waals surface area contributed by atoms with Gasteiger partial charge in [0.15, 0.2) is 0 Å². The summed E-state index contributed by atoms with van der Waals surface area (Å²) in [6.45, 7) is 3.30. The third-order valence-electron chi connectivity index (χ3n) is 9.31.